The lowest BCUT2D eigenvalue weighted by Gasteiger charge is -2.15. The number of nitrogens with one attached hydrogen (secondary N) is 3. The number of aromatic nitrogens is 2. The molecular formula is C18H21N5O4S. The molecule has 148 valence electrons. The molecule has 2 aromatic rings. The van der Waals surface area contributed by atoms with Crippen molar-refractivity contribution in [2.45, 2.75) is 24.7 Å². The van der Waals surface area contributed by atoms with E-state index in [0.717, 1.165) is 25.3 Å². The molecule has 1 aliphatic carbocycles. The molecule has 1 aliphatic rings. The summed E-state index contributed by atoms with van der Waals surface area (Å²) in [7, 11) is -3.67. The van der Waals surface area contributed by atoms with Crippen molar-refractivity contribution in [1.82, 2.24) is 15.3 Å². The summed E-state index contributed by atoms with van der Waals surface area (Å²) in [4.78, 5) is 32.7. The van der Waals surface area contributed by atoms with Gasteiger partial charge in [0.1, 0.15) is 16.5 Å². The zero-order valence-electron chi connectivity index (χ0n) is 18.2. The molecule has 2 aromatic heterocycles. The molecule has 2 amide bonds. The third-order valence-electron chi connectivity index (χ3n) is 4.11. The van der Waals surface area contributed by atoms with Crippen molar-refractivity contribution in [2.24, 2.45) is 5.92 Å². The van der Waals surface area contributed by atoms with Crippen LogP contribution < -0.4 is 16.0 Å². The summed E-state index contributed by atoms with van der Waals surface area (Å²) in [6, 6.07) is 4.22. The van der Waals surface area contributed by atoms with Gasteiger partial charge in [0.25, 0.3) is 5.91 Å². The fourth-order valence-corrected chi connectivity index (χ4v) is 3.27. The number of carbonyl (C=O) groups excluding carboxylic acids is 2. The quantitative estimate of drug-likeness (QED) is 0.665. The van der Waals surface area contributed by atoms with E-state index in [1.54, 1.807) is 6.92 Å². The summed E-state index contributed by atoms with van der Waals surface area (Å²) in [6.07, 6.45) is 3.67. The van der Waals surface area contributed by atoms with Gasteiger partial charge >= 0.3 is 0 Å². The van der Waals surface area contributed by atoms with Gasteiger partial charge in [0.05, 0.1) is 11.3 Å². The second-order valence-electron chi connectivity index (χ2n) is 6.53. The molecule has 1 saturated carbocycles. The van der Waals surface area contributed by atoms with E-state index in [-0.39, 0.29) is 39.6 Å². The lowest BCUT2D eigenvalue weighted by Crippen LogP contribution is -2.21. The number of nitrogens with zero attached hydrogens (tertiary/aromatic N) is 2. The van der Waals surface area contributed by atoms with Crippen LogP contribution in [0.5, 0.6) is 0 Å². The van der Waals surface area contributed by atoms with Crippen LogP contribution >= 0.6 is 0 Å². The Kier molecular flexibility index (Phi) is 4.31. The molecule has 0 aromatic carbocycles. The van der Waals surface area contributed by atoms with Crippen molar-refractivity contribution in [3.63, 3.8) is 0 Å². The first-order valence-electron chi connectivity index (χ1n) is 9.91. The van der Waals surface area contributed by atoms with Crippen LogP contribution in [0.1, 0.15) is 33.0 Å². The maximum atomic E-state index is 12.5. The van der Waals surface area contributed by atoms with Crippen molar-refractivity contribution in [2.75, 3.05) is 23.9 Å². The van der Waals surface area contributed by atoms with Gasteiger partial charge in [-0.25, -0.2) is 18.4 Å². The van der Waals surface area contributed by atoms with E-state index in [9.17, 15) is 18.0 Å². The summed E-state index contributed by atoms with van der Waals surface area (Å²) in [6.45, 7) is -1.08. The lowest BCUT2D eigenvalue weighted by molar-refractivity contribution is -0.117. The van der Waals surface area contributed by atoms with Gasteiger partial charge in [-0.2, -0.15) is 0 Å². The van der Waals surface area contributed by atoms with Crippen molar-refractivity contribution >= 4 is 39.0 Å². The average Bonchev–Trinajstić information content (AvgIpc) is 3.44. The number of anilines is 3. The molecule has 0 saturated heterocycles. The van der Waals surface area contributed by atoms with Crippen LogP contribution in [0.3, 0.4) is 0 Å². The van der Waals surface area contributed by atoms with E-state index in [2.05, 4.69) is 20.6 Å². The zero-order chi connectivity index (χ0) is 23.0. The van der Waals surface area contributed by atoms with Crippen LogP contribution in [-0.4, -0.2) is 43.4 Å². The van der Waals surface area contributed by atoms with Gasteiger partial charge in [0.2, 0.25) is 5.91 Å². The standard InChI is InChI=1S/C18H21N5O4S/c1-10-4-7-14(28(3,26)27)16(21-10)22-13-8-15(23-17(24)11-5-6-11)20-9-12(13)18(25)19-2/h4,7-9,11H,5-6H2,1-3H3,(H,19,25)(H2,20,21,22,23,24)/i2D3. The number of sulfone groups is 1. The van der Waals surface area contributed by atoms with Crippen LogP contribution in [0, 0.1) is 12.8 Å². The number of hydrogen-bond acceptors (Lipinski definition) is 7. The van der Waals surface area contributed by atoms with Crippen LogP contribution in [0.4, 0.5) is 17.3 Å². The summed E-state index contributed by atoms with van der Waals surface area (Å²) in [5, 5.41) is 7.28. The van der Waals surface area contributed by atoms with Crippen molar-refractivity contribution in [3.05, 3.63) is 35.7 Å². The first kappa shape index (κ1) is 16.0. The van der Waals surface area contributed by atoms with Crippen LogP contribution in [0.15, 0.2) is 29.3 Å². The number of hydrogen-bond donors (Lipinski definition) is 3. The zero-order valence-corrected chi connectivity index (χ0v) is 16.1. The molecule has 0 radical (unpaired) electrons. The highest BCUT2D eigenvalue weighted by Crippen LogP contribution is 2.31. The molecule has 0 aliphatic heterocycles. The molecule has 0 atom stereocenters. The molecular weight excluding hydrogens is 382 g/mol. The second kappa shape index (κ2) is 7.55. The number of carbonyl (C=O) groups is 2. The highest BCUT2D eigenvalue weighted by Gasteiger charge is 2.30. The fourth-order valence-electron chi connectivity index (χ4n) is 2.51. The Morgan fingerprint density at radius 1 is 1.29 bits per heavy atom. The normalized spacial score (nSPS) is 15.7. The van der Waals surface area contributed by atoms with Crippen molar-refractivity contribution in [1.29, 1.82) is 0 Å². The lowest BCUT2D eigenvalue weighted by atomic mass is 10.2. The van der Waals surface area contributed by atoms with Gasteiger partial charge < -0.3 is 16.0 Å². The first-order chi connectivity index (χ1) is 14.3. The molecule has 9 nitrogen and oxygen atoms in total. The molecule has 0 spiro atoms. The fraction of sp³-hybridized carbons (Fsp3) is 0.333. The third kappa shape index (κ3) is 4.45. The van der Waals surface area contributed by atoms with Gasteiger partial charge in [0.15, 0.2) is 9.84 Å². The predicted octanol–water partition coefficient (Wildman–Crippen LogP) is 1.64. The van der Waals surface area contributed by atoms with E-state index in [0.29, 0.717) is 5.69 Å². The van der Waals surface area contributed by atoms with Gasteiger partial charge in [0, 0.05) is 41.2 Å². The molecule has 3 rings (SSSR count). The second-order valence-corrected chi connectivity index (χ2v) is 8.51. The Morgan fingerprint density at radius 3 is 2.68 bits per heavy atom. The number of pyridine rings is 2. The summed E-state index contributed by atoms with van der Waals surface area (Å²) in [5.74, 6) is -1.19. The Morgan fingerprint density at radius 2 is 2.04 bits per heavy atom. The van der Waals surface area contributed by atoms with E-state index in [1.807, 2.05) is 5.32 Å². The minimum Gasteiger partial charge on any atom is -0.355 e. The van der Waals surface area contributed by atoms with Crippen LogP contribution in [0.25, 0.3) is 0 Å². The number of aryl methyl sites for hydroxylation is 1. The van der Waals surface area contributed by atoms with Gasteiger partial charge in [-0.05, 0) is 31.9 Å². The van der Waals surface area contributed by atoms with Gasteiger partial charge in [-0.1, -0.05) is 0 Å². The van der Waals surface area contributed by atoms with Gasteiger partial charge in [-0.3, -0.25) is 9.59 Å². The summed E-state index contributed by atoms with van der Waals surface area (Å²) >= 11 is 0. The molecule has 1 fully saturated rings. The third-order valence-corrected chi connectivity index (χ3v) is 5.24. The highest BCUT2D eigenvalue weighted by atomic mass is 32.2. The van der Waals surface area contributed by atoms with Crippen molar-refractivity contribution in [3.8, 4) is 0 Å². The van der Waals surface area contributed by atoms with E-state index < -0.39 is 22.7 Å². The van der Waals surface area contributed by atoms with E-state index in [4.69, 9.17) is 4.11 Å². The topological polar surface area (TPSA) is 130 Å². The smallest absolute Gasteiger partial charge is 0.254 e. The minimum atomic E-state index is -3.67. The Balaban J connectivity index is 2.04. The monoisotopic (exact) mass is 406 g/mol. The Labute approximate surface area is 167 Å². The van der Waals surface area contributed by atoms with Crippen LogP contribution in [-0.2, 0) is 14.6 Å². The van der Waals surface area contributed by atoms with Gasteiger partial charge in [-0.15, -0.1) is 0 Å². The summed E-state index contributed by atoms with van der Waals surface area (Å²) < 4.78 is 46.0. The number of rotatable bonds is 6. The molecule has 0 unspecified atom stereocenters. The predicted molar refractivity (Wildman–Crippen MR) is 104 cm³/mol. The molecule has 3 N–H and O–H groups in total. The highest BCUT2D eigenvalue weighted by molar-refractivity contribution is 7.90. The molecule has 28 heavy (non-hydrogen) atoms. The maximum Gasteiger partial charge on any atom is 0.254 e. The number of amides is 2. The SMILES string of the molecule is [2H]C([2H])([2H])NC(=O)c1cnc(NC(=O)C2CC2)cc1Nc1nc(C)ccc1S(C)(=O)=O. The minimum absolute atomic E-state index is 0.0332. The molecule has 0 bridgehead atoms. The summed E-state index contributed by atoms with van der Waals surface area (Å²) in [5.41, 5.74) is 0.383. The molecule has 10 heteroatoms. The average molecular weight is 406 g/mol. The van der Waals surface area contributed by atoms with Crippen LogP contribution in [0.2, 0.25) is 0 Å². The Hall–Kier alpha value is -3.01. The largest absolute Gasteiger partial charge is 0.355 e. The molecule has 2 heterocycles. The maximum absolute atomic E-state index is 12.5. The Bertz CT molecular complexity index is 1150. The van der Waals surface area contributed by atoms with E-state index in [1.165, 1.54) is 18.2 Å². The first-order valence-corrected chi connectivity index (χ1v) is 10.3. The van der Waals surface area contributed by atoms with E-state index >= 15 is 0 Å². The van der Waals surface area contributed by atoms with Crippen molar-refractivity contribution < 1.29 is 22.1 Å².